The van der Waals surface area contributed by atoms with Gasteiger partial charge in [-0.2, -0.15) is 0 Å². The average molecular weight is 339 g/mol. The van der Waals surface area contributed by atoms with Crippen LogP contribution in [-0.2, 0) is 10.3 Å². The van der Waals surface area contributed by atoms with Crippen LogP contribution in [0.4, 0.5) is 0 Å². The predicted molar refractivity (Wildman–Crippen MR) is 85.4 cm³/mol. The lowest BCUT2D eigenvalue weighted by Crippen LogP contribution is -2.51. The minimum absolute atomic E-state index is 0.202. The molecule has 22 heavy (non-hydrogen) atoms. The van der Waals surface area contributed by atoms with Gasteiger partial charge in [-0.1, -0.05) is 30.7 Å². The number of nitrogens with one attached hydrogen (secondary N) is 1. The molecule has 1 atom stereocenters. The van der Waals surface area contributed by atoms with E-state index in [4.69, 9.17) is 11.6 Å². The molecule has 1 unspecified atom stereocenters. The molecule has 0 saturated carbocycles. The number of aryl methyl sites for hydroxylation is 1. The van der Waals surface area contributed by atoms with Crippen LogP contribution in [0.5, 0.6) is 0 Å². The molecular formula is C15H15ClN2O3S. The minimum atomic E-state index is -1.50. The smallest absolute Gasteiger partial charge is 0.334 e. The van der Waals surface area contributed by atoms with E-state index in [2.05, 4.69) is 10.3 Å². The second kappa shape index (κ2) is 6.46. The first-order chi connectivity index (χ1) is 10.4. The molecule has 0 saturated heterocycles. The summed E-state index contributed by atoms with van der Waals surface area (Å²) in [6.45, 7) is 3.49. The van der Waals surface area contributed by atoms with Gasteiger partial charge in [0.2, 0.25) is 0 Å². The van der Waals surface area contributed by atoms with Gasteiger partial charge in [0.25, 0.3) is 5.91 Å². The van der Waals surface area contributed by atoms with Crippen LogP contribution in [0, 0.1) is 6.92 Å². The van der Waals surface area contributed by atoms with Crippen molar-refractivity contribution in [1.82, 2.24) is 10.3 Å². The average Bonchev–Trinajstić information content (AvgIpc) is 2.92. The molecule has 2 aromatic rings. The Bertz CT molecular complexity index is 699. The normalized spacial score (nSPS) is 13.4. The van der Waals surface area contributed by atoms with Crippen molar-refractivity contribution in [2.45, 2.75) is 25.8 Å². The lowest BCUT2D eigenvalue weighted by Gasteiger charge is -2.29. The molecule has 1 aromatic heterocycles. The molecule has 1 amide bonds. The van der Waals surface area contributed by atoms with E-state index in [1.807, 2.05) is 0 Å². The van der Waals surface area contributed by atoms with Crippen LogP contribution in [0.1, 0.15) is 33.6 Å². The molecule has 0 aliphatic carbocycles. The van der Waals surface area contributed by atoms with Crippen LogP contribution in [0.25, 0.3) is 0 Å². The summed E-state index contributed by atoms with van der Waals surface area (Å²) in [6, 6.07) is 6.43. The van der Waals surface area contributed by atoms with E-state index in [0.717, 1.165) is 5.01 Å². The fourth-order valence-electron chi connectivity index (χ4n) is 2.15. The molecule has 0 aliphatic rings. The Kier molecular flexibility index (Phi) is 4.83. The largest absolute Gasteiger partial charge is 0.479 e. The summed E-state index contributed by atoms with van der Waals surface area (Å²) in [5.74, 6) is -1.57. The number of aromatic nitrogens is 1. The maximum atomic E-state index is 12.3. The number of thiazole rings is 1. The number of hydrogen-bond donors (Lipinski definition) is 2. The van der Waals surface area contributed by atoms with Crippen LogP contribution in [0.3, 0.4) is 0 Å². The summed E-state index contributed by atoms with van der Waals surface area (Å²) < 4.78 is 0. The summed E-state index contributed by atoms with van der Waals surface area (Å²) in [5.41, 5.74) is -1.03. The van der Waals surface area contributed by atoms with Crippen molar-refractivity contribution < 1.29 is 14.7 Å². The van der Waals surface area contributed by atoms with Gasteiger partial charge in [0.05, 0.1) is 11.2 Å². The summed E-state index contributed by atoms with van der Waals surface area (Å²) >= 11 is 7.07. The molecular weight excluding hydrogens is 324 g/mol. The molecule has 5 nitrogen and oxygen atoms in total. The molecule has 0 bridgehead atoms. The number of carboxylic acids is 1. The Labute approximate surface area is 137 Å². The molecule has 1 heterocycles. The molecule has 2 rings (SSSR count). The lowest BCUT2D eigenvalue weighted by atomic mass is 9.87. The van der Waals surface area contributed by atoms with Crippen LogP contribution in [0.2, 0.25) is 5.02 Å². The number of carboxylic acid groups (broad SMARTS) is 1. The van der Waals surface area contributed by atoms with Gasteiger partial charge in [-0.05, 0) is 31.0 Å². The Balaban J connectivity index is 2.39. The maximum absolute atomic E-state index is 12.3. The Hall–Kier alpha value is -1.92. The highest BCUT2D eigenvalue weighted by Gasteiger charge is 2.40. The highest BCUT2D eigenvalue weighted by Crippen LogP contribution is 2.28. The van der Waals surface area contributed by atoms with Crippen molar-refractivity contribution in [3.05, 3.63) is 50.9 Å². The van der Waals surface area contributed by atoms with Crippen LogP contribution >= 0.6 is 22.9 Å². The molecule has 0 aliphatic heterocycles. The van der Waals surface area contributed by atoms with Gasteiger partial charge in [0.1, 0.15) is 4.88 Å². The van der Waals surface area contributed by atoms with Crippen LogP contribution in [0.15, 0.2) is 30.5 Å². The summed E-state index contributed by atoms with van der Waals surface area (Å²) in [5, 5.41) is 13.6. The number of amides is 1. The first-order valence-electron chi connectivity index (χ1n) is 6.63. The standard InChI is InChI=1S/C15H15ClN2O3S/c1-3-15(14(20)21,10-4-6-11(16)7-5-10)18-13(19)12-8-17-9(2)22-12/h4-8H,3H2,1-2H3,(H,18,19)(H,20,21). The number of carbonyl (C=O) groups is 2. The molecule has 116 valence electrons. The van der Waals surface area contributed by atoms with E-state index in [-0.39, 0.29) is 6.42 Å². The summed E-state index contributed by atoms with van der Waals surface area (Å²) in [4.78, 5) is 28.6. The number of rotatable bonds is 5. The van der Waals surface area contributed by atoms with Gasteiger partial charge in [-0.15, -0.1) is 11.3 Å². The number of hydrogen-bond acceptors (Lipinski definition) is 4. The number of nitrogens with zero attached hydrogens (tertiary/aromatic N) is 1. The van der Waals surface area contributed by atoms with Crippen molar-refractivity contribution in [3.63, 3.8) is 0 Å². The van der Waals surface area contributed by atoms with Gasteiger partial charge >= 0.3 is 5.97 Å². The highest BCUT2D eigenvalue weighted by molar-refractivity contribution is 7.13. The third-order valence-corrected chi connectivity index (χ3v) is 4.57. The van der Waals surface area contributed by atoms with Crippen LogP contribution in [-0.4, -0.2) is 22.0 Å². The fourth-order valence-corrected chi connectivity index (χ4v) is 2.95. The van der Waals surface area contributed by atoms with E-state index < -0.39 is 17.4 Å². The van der Waals surface area contributed by atoms with Crippen molar-refractivity contribution in [3.8, 4) is 0 Å². The zero-order chi connectivity index (χ0) is 16.3. The number of carbonyl (C=O) groups excluding carboxylic acids is 1. The van der Waals surface area contributed by atoms with E-state index in [9.17, 15) is 14.7 Å². The Morgan fingerprint density at radius 2 is 2.00 bits per heavy atom. The third-order valence-electron chi connectivity index (χ3n) is 3.40. The zero-order valence-electron chi connectivity index (χ0n) is 12.1. The number of aliphatic carboxylic acids is 1. The van der Waals surface area contributed by atoms with Crippen molar-refractivity contribution >= 4 is 34.8 Å². The first kappa shape index (κ1) is 16.5. The molecule has 7 heteroatoms. The number of halogens is 1. The topological polar surface area (TPSA) is 79.3 Å². The zero-order valence-corrected chi connectivity index (χ0v) is 13.7. The summed E-state index contributed by atoms with van der Waals surface area (Å²) in [7, 11) is 0. The first-order valence-corrected chi connectivity index (χ1v) is 7.83. The summed E-state index contributed by atoms with van der Waals surface area (Å²) in [6.07, 6.45) is 1.65. The second-order valence-corrected chi connectivity index (χ2v) is 6.44. The van der Waals surface area contributed by atoms with Crippen molar-refractivity contribution in [2.24, 2.45) is 0 Å². The van der Waals surface area contributed by atoms with Gasteiger partial charge in [0, 0.05) is 5.02 Å². The maximum Gasteiger partial charge on any atom is 0.334 e. The lowest BCUT2D eigenvalue weighted by molar-refractivity contribution is -0.145. The van der Waals surface area contributed by atoms with Crippen molar-refractivity contribution in [1.29, 1.82) is 0 Å². The van der Waals surface area contributed by atoms with Gasteiger partial charge in [-0.25, -0.2) is 9.78 Å². The van der Waals surface area contributed by atoms with E-state index in [1.165, 1.54) is 17.5 Å². The molecule has 0 fully saturated rings. The predicted octanol–water partition coefficient (Wildman–Crippen LogP) is 3.22. The Morgan fingerprint density at radius 3 is 2.45 bits per heavy atom. The van der Waals surface area contributed by atoms with Crippen molar-refractivity contribution in [2.75, 3.05) is 0 Å². The number of benzene rings is 1. The minimum Gasteiger partial charge on any atom is -0.479 e. The SMILES string of the molecule is CCC(NC(=O)c1cnc(C)s1)(C(=O)O)c1ccc(Cl)cc1. The highest BCUT2D eigenvalue weighted by atomic mass is 35.5. The van der Waals surface area contributed by atoms with Gasteiger partial charge in [0.15, 0.2) is 5.54 Å². The van der Waals surface area contributed by atoms with E-state index in [1.54, 1.807) is 38.1 Å². The van der Waals surface area contributed by atoms with Gasteiger partial charge in [-0.3, -0.25) is 4.79 Å². The Morgan fingerprint density at radius 1 is 1.36 bits per heavy atom. The quantitative estimate of drug-likeness (QED) is 0.877. The second-order valence-electron chi connectivity index (χ2n) is 4.77. The molecule has 0 spiro atoms. The molecule has 1 aromatic carbocycles. The third kappa shape index (κ3) is 3.13. The monoisotopic (exact) mass is 338 g/mol. The van der Waals surface area contributed by atoms with E-state index in [0.29, 0.717) is 15.5 Å². The molecule has 2 N–H and O–H groups in total. The van der Waals surface area contributed by atoms with E-state index >= 15 is 0 Å². The van der Waals surface area contributed by atoms with Gasteiger partial charge < -0.3 is 10.4 Å². The fraction of sp³-hybridized carbons (Fsp3) is 0.267. The molecule has 0 radical (unpaired) electrons. The van der Waals surface area contributed by atoms with Crippen LogP contribution < -0.4 is 5.32 Å².